The lowest BCUT2D eigenvalue weighted by Gasteiger charge is -2.08. The summed E-state index contributed by atoms with van der Waals surface area (Å²) < 4.78 is 26.8. The number of hydrogen-bond donors (Lipinski definition) is 2. The van der Waals surface area contributed by atoms with Crippen molar-refractivity contribution in [3.05, 3.63) is 61.1 Å². The van der Waals surface area contributed by atoms with Crippen molar-refractivity contribution in [1.82, 2.24) is 0 Å². The molecule has 0 aromatic heterocycles. The van der Waals surface area contributed by atoms with Crippen molar-refractivity contribution in [2.24, 2.45) is 0 Å². The second-order valence-electron chi connectivity index (χ2n) is 5.78. The molecule has 0 bridgehead atoms. The van der Waals surface area contributed by atoms with E-state index in [4.69, 9.17) is 35.9 Å². The first-order chi connectivity index (χ1) is 14.1. The number of benzene rings is 2. The summed E-state index contributed by atoms with van der Waals surface area (Å²) in [7, 11) is 0. The molecule has 0 spiro atoms. The minimum atomic E-state index is 0.122. The standard InChI is InChI=1S/C21H24O5S3/c27-19-5-1-17(2-6-19)25-14-13-22-11-9-21(29)10-12-23-15-24-16-26-18-3-7-20(28)8-4-18/h1-8,13-14,27-28H,9-12,15-16H2/b14-13+. The Bertz CT molecular complexity index is 748. The number of rotatable bonds is 14. The van der Waals surface area contributed by atoms with Crippen LogP contribution in [0.15, 0.2) is 70.8 Å². The van der Waals surface area contributed by atoms with E-state index in [2.05, 4.69) is 25.3 Å². The van der Waals surface area contributed by atoms with Gasteiger partial charge in [-0.3, -0.25) is 0 Å². The summed E-state index contributed by atoms with van der Waals surface area (Å²) in [5.41, 5.74) is 0. The highest BCUT2D eigenvalue weighted by Crippen LogP contribution is 2.15. The molecule has 2 rings (SSSR count). The summed E-state index contributed by atoms with van der Waals surface area (Å²) in [6.07, 6.45) is 4.34. The lowest BCUT2D eigenvalue weighted by Crippen LogP contribution is -2.09. The van der Waals surface area contributed by atoms with Gasteiger partial charge in [0.1, 0.15) is 24.0 Å². The molecule has 0 amide bonds. The van der Waals surface area contributed by atoms with Gasteiger partial charge < -0.3 is 23.7 Å². The summed E-state index contributed by atoms with van der Waals surface area (Å²) in [6, 6.07) is 14.7. The molecule has 0 atom stereocenters. The Hall–Kier alpha value is -1.71. The SMILES string of the molecule is S=C(CCO/C=C/Oc1ccc(S)cc1)CCOCOCOc1ccc(S)cc1. The van der Waals surface area contributed by atoms with E-state index in [-0.39, 0.29) is 13.6 Å². The molecule has 0 saturated carbocycles. The van der Waals surface area contributed by atoms with E-state index in [0.29, 0.717) is 26.1 Å². The van der Waals surface area contributed by atoms with Crippen molar-refractivity contribution in [1.29, 1.82) is 0 Å². The topological polar surface area (TPSA) is 46.2 Å². The van der Waals surface area contributed by atoms with Crippen LogP contribution in [0.3, 0.4) is 0 Å². The normalized spacial score (nSPS) is 10.8. The van der Waals surface area contributed by atoms with Gasteiger partial charge in [-0.1, -0.05) is 12.2 Å². The minimum absolute atomic E-state index is 0.122. The summed E-state index contributed by atoms with van der Waals surface area (Å²) in [6.45, 7) is 1.26. The fourth-order valence-corrected chi connectivity index (χ4v) is 2.49. The second-order valence-corrected chi connectivity index (χ2v) is 7.39. The van der Waals surface area contributed by atoms with Crippen molar-refractivity contribution < 1.29 is 23.7 Å². The quantitative estimate of drug-likeness (QED) is 0.133. The number of ether oxygens (including phenoxy) is 5. The van der Waals surface area contributed by atoms with E-state index in [9.17, 15) is 0 Å². The maximum Gasteiger partial charge on any atom is 0.191 e. The van der Waals surface area contributed by atoms with E-state index in [1.807, 2.05) is 48.5 Å². The van der Waals surface area contributed by atoms with Gasteiger partial charge in [0.05, 0.1) is 13.2 Å². The van der Waals surface area contributed by atoms with Gasteiger partial charge in [0.25, 0.3) is 0 Å². The number of thiol groups is 2. The van der Waals surface area contributed by atoms with Gasteiger partial charge in [-0.05, 0) is 53.4 Å². The summed E-state index contributed by atoms with van der Waals surface area (Å²) in [5, 5.41) is 0. The maximum atomic E-state index is 5.41. The van der Waals surface area contributed by atoms with Crippen LogP contribution in [0.5, 0.6) is 11.5 Å². The van der Waals surface area contributed by atoms with Crippen LogP contribution in [0, 0.1) is 0 Å². The third kappa shape index (κ3) is 11.2. The second kappa shape index (κ2) is 14.3. The molecule has 29 heavy (non-hydrogen) atoms. The Kier molecular flexibility index (Phi) is 11.6. The highest BCUT2D eigenvalue weighted by molar-refractivity contribution is 7.80. The Morgan fingerprint density at radius 1 is 0.759 bits per heavy atom. The first kappa shape index (κ1) is 23.6. The molecule has 0 radical (unpaired) electrons. The molecule has 0 saturated heterocycles. The van der Waals surface area contributed by atoms with Crippen LogP contribution in [-0.4, -0.2) is 31.7 Å². The van der Waals surface area contributed by atoms with Gasteiger partial charge in [-0.15, -0.1) is 25.3 Å². The van der Waals surface area contributed by atoms with Gasteiger partial charge >= 0.3 is 0 Å². The average molecular weight is 453 g/mol. The van der Waals surface area contributed by atoms with Crippen LogP contribution in [0.4, 0.5) is 0 Å². The highest BCUT2D eigenvalue weighted by Gasteiger charge is 1.99. The van der Waals surface area contributed by atoms with Crippen LogP contribution in [0.25, 0.3) is 0 Å². The largest absolute Gasteiger partial charge is 0.498 e. The molecule has 0 aliphatic rings. The van der Waals surface area contributed by atoms with Crippen molar-refractivity contribution in [3.8, 4) is 11.5 Å². The molecule has 2 aromatic rings. The van der Waals surface area contributed by atoms with Crippen LogP contribution in [0.1, 0.15) is 12.8 Å². The van der Waals surface area contributed by atoms with Crippen LogP contribution >= 0.6 is 37.5 Å². The predicted molar refractivity (Wildman–Crippen MR) is 122 cm³/mol. The van der Waals surface area contributed by atoms with Crippen LogP contribution in [0.2, 0.25) is 0 Å². The van der Waals surface area contributed by atoms with E-state index in [1.54, 1.807) is 0 Å². The highest BCUT2D eigenvalue weighted by atomic mass is 32.1. The van der Waals surface area contributed by atoms with Gasteiger partial charge in [-0.25, -0.2) is 0 Å². The van der Waals surface area contributed by atoms with E-state index in [1.165, 1.54) is 12.5 Å². The Morgan fingerprint density at radius 3 is 2.07 bits per heavy atom. The zero-order valence-corrected chi connectivity index (χ0v) is 18.5. The third-order valence-corrected chi connectivity index (χ3v) is 4.53. The lowest BCUT2D eigenvalue weighted by atomic mass is 10.2. The molecule has 0 heterocycles. The summed E-state index contributed by atoms with van der Waals surface area (Å²) in [4.78, 5) is 2.65. The minimum Gasteiger partial charge on any atom is -0.498 e. The molecule has 0 unspecified atom stereocenters. The molecule has 5 nitrogen and oxygen atoms in total. The van der Waals surface area contributed by atoms with Crippen molar-refractivity contribution >= 4 is 42.3 Å². The van der Waals surface area contributed by atoms with Crippen molar-refractivity contribution in [2.45, 2.75) is 22.6 Å². The van der Waals surface area contributed by atoms with Gasteiger partial charge in [0.15, 0.2) is 13.6 Å². The van der Waals surface area contributed by atoms with E-state index in [0.717, 1.165) is 26.2 Å². The molecule has 0 aliphatic heterocycles. The Morgan fingerprint density at radius 2 is 1.38 bits per heavy atom. The van der Waals surface area contributed by atoms with E-state index >= 15 is 0 Å². The molecular weight excluding hydrogens is 428 g/mol. The molecule has 2 aromatic carbocycles. The first-order valence-electron chi connectivity index (χ1n) is 8.95. The molecule has 156 valence electrons. The Balaban J connectivity index is 1.41. The molecule has 8 heteroatoms. The lowest BCUT2D eigenvalue weighted by molar-refractivity contribution is -0.0974. The fourth-order valence-electron chi connectivity index (χ4n) is 2.03. The zero-order chi connectivity index (χ0) is 20.7. The van der Waals surface area contributed by atoms with Gasteiger partial charge in [-0.2, -0.15) is 0 Å². The molecule has 0 fully saturated rings. The maximum absolute atomic E-state index is 5.41. The van der Waals surface area contributed by atoms with E-state index < -0.39 is 0 Å². The Labute approximate surface area is 187 Å². The average Bonchev–Trinajstić information content (AvgIpc) is 2.72. The zero-order valence-electron chi connectivity index (χ0n) is 15.9. The molecular formula is C21H24O5S3. The molecule has 0 aliphatic carbocycles. The van der Waals surface area contributed by atoms with Crippen LogP contribution in [-0.2, 0) is 14.2 Å². The number of hydrogen-bond acceptors (Lipinski definition) is 8. The van der Waals surface area contributed by atoms with Gasteiger partial charge in [0, 0.05) is 22.6 Å². The van der Waals surface area contributed by atoms with Crippen molar-refractivity contribution in [3.63, 3.8) is 0 Å². The monoisotopic (exact) mass is 452 g/mol. The summed E-state index contributed by atoms with van der Waals surface area (Å²) in [5.74, 6) is 1.44. The smallest absolute Gasteiger partial charge is 0.191 e. The fraction of sp³-hybridized carbons (Fsp3) is 0.286. The van der Waals surface area contributed by atoms with Gasteiger partial charge in [0.2, 0.25) is 0 Å². The first-order valence-corrected chi connectivity index (χ1v) is 10.2. The number of thiocarbonyl (C=S) groups is 1. The predicted octanol–water partition coefficient (Wildman–Crippen LogP) is 5.31. The third-order valence-electron chi connectivity index (χ3n) is 3.53. The summed E-state index contributed by atoms with van der Waals surface area (Å²) >= 11 is 13.7. The van der Waals surface area contributed by atoms with Crippen molar-refractivity contribution in [2.75, 3.05) is 26.8 Å². The molecule has 0 N–H and O–H groups in total. The van der Waals surface area contributed by atoms with Crippen LogP contribution < -0.4 is 9.47 Å².